The Labute approximate surface area is 123 Å². The fourth-order valence-corrected chi connectivity index (χ4v) is 2.51. The molecule has 0 aliphatic rings. The minimum absolute atomic E-state index is 0.00239. The fraction of sp³-hybridized carbons (Fsp3) is 0.500. The minimum atomic E-state index is -0.354. The Kier molecular flexibility index (Phi) is 6.69. The first-order valence-electron chi connectivity index (χ1n) is 6.17. The van der Waals surface area contributed by atoms with Crippen LogP contribution in [0, 0.1) is 0 Å². The highest BCUT2D eigenvalue weighted by atomic mass is 35.5. The molecule has 0 fully saturated rings. The van der Waals surface area contributed by atoms with Gasteiger partial charge in [-0.2, -0.15) is 0 Å². The Morgan fingerprint density at radius 3 is 2.58 bits per heavy atom. The summed E-state index contributed by atoms with van der Waals surface area (Å²) in [6, 6.07) is 7.62. The average molecular weight is 302 g/mol. The van der Waals surface area contributed by atoms with Crippen molar-refractivity contribution in [2.24, 2.45) is 0 Å². The summed E-state index contributed by atoms with van der Waals surface area (Å²) in [6.07, 6.45) is 0.556. The Balaban J connectivity index is 2.29. The van der Waals surface area contributed by atoms with Crippen LogP contribution in [-0.4, -0.2) is 28.9 Å². The fourth-order valence-electron chi connectivity index (χ4n) is 1.60. The molecule has 1 aromatic rings. The number of hydrogen-bond acceptors (Lipinski definition) is 3. The van der Waals surface area contributed by atoms with Crippen LogP contribution in [0.2, 0.25) is 5.02 Å². The van der Waals surface area contributed by atoms with Crippen molar-refractivity contribution in [3.8, 4) is 0 Å². The van der Waals surface area contributed by atoms with Gasteiger partial charge in [0.25, 0.3) is 0 Å². The van der Waals surface area contributed by atoms with E-state index in [2.05, 4.69) is 5.32 Å². The summed E-state index contributed by atoms with van der Waals surface area (Å²) in [5.74, 6) is 1.19. The second-order valence-electron chi connectivity index (χ2n) is 5.02. The molecule has 0 atom stereocenters. The normalized spacial score (nSPS) is 11.4. The first kappa shape index (κ1) is 16.3. The van der Waals surface area contributed by atoms with Gasteiger partial charge in [0.1, 0.15) is 0 Å². The molecule has 106 valence electrons. The number of hydrogen-bond donors (Lipinski definition) is 2. The van der Waals surface area contributed by atoms with Gasteiger partial charge in [0.15, 0.2) is 0 Å². The van der Waals surface area contributed by atoms with E-state index in [9.17, 15) is 4.79 Å². The van der Waals surface area contributed by atoms with Gasteiger partial charge in [-0.05, 0) is 38.0 Å². The first-order valence-corrected chi connectivity index (χ1v) is 7.70. The third-order valence-corrected chi connectivity index (χ3v) is 3.89. The van der Waals surface area contributed by atoms with Gasteiger partial charge < -0.3 is 10.4 Å². The molecule has 1 rings (SSSR count). The molecule has 0 aromatic heterocycles. The number of carbonyl (C=O) groups is 1. The number of rotatable bonds is 7. The third-order valence-electron chi connectivity index (χ3n) is 2.63. The van der Waals surface area contributed by atoms with Gasteiger partial charge in [-0.1, -0.05) is 23.7 Å². The van der Waals surface area contributed by atoms with Crippen molar-refractivity contribution in [3.63, 3.8) is 0 Å². The smallest absolute Gasteiger partial charge is 0.230 e. The monoisotopic (exact) mass is 301 g/mol. The Morgan fingerprint density at radius 2 is 2.00 bits per heavy atom. The van der Waals surface area contributed by atoms with E-state index in [1.807, 2.05) is 38.1 Å². The highest BCUT2D eigenvalue weighted by molar-refractivity contribution is 7.99. The number of aliphatic hydroxyl groups excluding tert-OH is 1. The van der Waals surface area contributed by atoms with Crippen LogP contribution in [0.1, 0.15) is 25.8 Å². The summed E-state index contributed by atoms with van der Waals surface area (Å²) >= 11 is 7.37. The number of carbonyl (C=O) groups excluding carboxylic acids is 1. The molecule has 0 aliphatic carbocycles. The Morgan fingerprint density at radius 1 is 1.37 bits per heavy atom. The molecular weight excluding hydrogens is 282 g/mol. The van der Waals surface area contributed by atoms with Gasteiger partial charge in [0, 0.05) is 22.9 Å². The lowest BCUT2D eigenvalue weighted by Crippen LogP contribution is -2.44. The second kappa shape index (κ2) is 7.78. The number of amides is 1. The highest BCUT2D eigenvalue weighted by Crippen LogP contribution is 2.16. The van der Waals surface area contributed by atoms with Crippen LogP contribution in [-0.2, 0) is 10.5 Å². The van der Waals surface area contributed by atoms with Gasteiger partial charge in [-0.3, -0.25) is 4.79 Å². The predicted molar refractivity (Wildman–Crippen MR) is 81.5 cm³/mol. The lowest BCUT2D eigenvalue weighted by atomic mass is 10.0. The summed E-state index contributed by atoms with van der Waals surface area (Å²) in [4.78, 5) is 11.7. The van der Waals surface area contributed by atoms with Gasteiger partial charge in [0.2, 0.25) is 5.91 Å². The number of nitrogens with one attached hydrogen (secondary N) is 1. The molecule has 3 nitrogen and oxygen atoms in total. The number of halogens is 1. The zero-order chi connectivity index (χ0) is 14.3. The van der Waals surface area contributed by atoms with Crippen LogP contribution in [0.15, 0.2) is 24.3 Å². The SMILES string of the molecule is CC(C)(CCO)NC(=O)CSCc1ccc(Cl)cc1. The van der Waals surface area contributed by atoms with Crippen LogP contribution in [0.5, 0.6) is 0 Å². The van der Waals surface area contributed by atoms with E-state index < -0.39 is 0 Å². The molecule has 2 N–H and O–H groups in total. The van der Waals surface area contributed by atoms with Crippen LogP contribution in [0.3, 0.4) is 0 Å². The molecule has 5 heteroatoms. The molecule has 1 aromatic carbocycles. The summed E-state index contributed by atoms with van der Waals surface area (Å²) in [6.45, 7) is 3.89. The van der Waals surface area contributed by atoms with Crippen LogP contribution in [0.4, 0.5) is 0 Å². The Bertz CT molecular complexity index is 406. The quantitative estimate of drug-likeness (QED) is 0.814. The molecule has 0 heterocycles. The van der Waals surface area contributed by atoms with Crippen LogP contribution < -0.4 is 5.32 Å². The zero-order valence-corrected chi connectivity index (χ0v) is 12.9. The molecule has 0 bridgehead atoms. The molecule has 0 radical (unpaired) electrons. The van der Waals surface area contributed by atoms with E-state index in [0.717, 1.165) is 16.3 Å². The molecule has 1 amide bonds. The molecule has 0 spiro atoms. The van der Waals surface area contributed by atoms with Gasteiger partial charge in [0.05, 0.1) is 5.75 Å². The minimum Gasteiger partial charge on any atom is -0.396 e. The lowest BCUT2D eigenvalue weighted by Gasteiger charge is -2.25. The van der Waals surface area contributed by atoms with Crippen molar-refractivity contribution in [2.45, 2.75) is 31.6 Å². The average Bonchev–Trinajstić information content (AvgIpc) is 2.30. The third kappa shape index (κ3) is 6.85. The topological polar surface area (TPSA) is 49.3 Å². The zero-order valence-electron chi connectivity index (χ0n) is 11.3. The molecular formula is C14H20ClNO2S. The maximum Gasteiger partial charge on any atom is 0.230 e. The highest BCUT2D eigenvalue weighted by Gasteiger charge is 2.19. The van der Waals surface area contributed by atoms with E-state index in [1.54, 1.807) is 11.8 Å². The van der Waals surface area contributed by atoms with Gasteiger partial charge in [-0.15, -0.1) is 11.8 Å². The molecule has 0 unspecified atom stereocenters. The Hall–Kier alpha value is -0.710. The number of benzene rings is 1. The molecule has 0 saturated carbocycles. The van der Waals surface area contributed by atoms with Gasteiger partial charge >= 0.3 is 0 Å². The second-order valence-corrected chi connectivity index (χ2v) is 6.45. The molecule has 0 saturated heterocycles. The van der Waals surface area contributed by atoms with E-state index in [-0.39, 0.29) is 18.1 Å². The van der Waals surface area contributed by atoms with Crippen molar-refractivity contribution >= 4 is 29.3 Å². The molecule has 19 heavy (non-hydrogen) atoms. The first-order chi connectivity index (χ1) is 8.93. The lowest BCUT2D eigenvalue weighted by molar-refractivity contribution is -0.120. The summed E-state index contributed by atoms with van der Waals surface area (Å²) in [5.41, 5.74) is 0.795. The van der Waals surface area contributed by atoms with Crippen molar-refractivity contribution in [1.29, 1.82) is 0 Å². The van der Waals surface area contributed by atoms with E-state index >= 15 is 0 Å². The van der Waals surface area contributed by atoms with E-state index in [1.165, 1.54) is 0 Å². The standard InChI is InChI=1S/C14H20ClNO2S/c1-14(2,7-8-17)16-13(18)10-19-9-11-3-5-12(15)6-4-11/h3-6,17H,7-10H2,1-2H3,(H,16,18). The summed E-state index contributed by atoms with van der Waals surface area (Å²) in [7, 11) is 0. The van der Waals surface area contributed by atoms with Crippen molar-refractivity contribution in [3.05, 3.63) is 34.9 Å². The largest absolute Gasteiger partial charge is 0.396 e. The van der Waals surface area contributed by atoms with E-state index in [0.29, 0.717) is 12.2 Å². The van der Waals surface area contributed by atoms with Crippen molar-refractivity contribution < 1.29 is 9.90 Å². The van der Waals surface area contributed by atoms with Gasteiger partial charge in [-0.25, -0.2) is 0 Å². The molecule has 0 aliphatic heterocycles. The number of thioether (sulfide) groups is 1. The number of aliphatic hydroxyl groups is 1. The van der Waals surface area contributed by atoms with Crippen molar-refractivity contribution in [1.82, 2.24) is 5.32 Å². The maximum atomic E-state index is 11.7. The van der Waals surface area contributed by atoms with E-state index in [4.69, 9.17) is 16.7 Å². The van der Waals surface area contributed by atoms with Crippen molar-refractivity contribution in [2.75, 3.05) is 12.4 Å². The predicted octanol–water partition coefficient (Wildman–Crippen LogP) is 2.85. The maximum absolute atomic E-state index is 11.7. The van der Waals surface area contributed by atoms with Crippen LogP contribution in [0.25, 0.3) is 0 Å². The summed E-state index contributed by atoms with van der Waals surface area (Å²) < 4.78 is 0. The summed E-state index contributed by atoms with van der Waals surface area (Å²) in [5, 5.41) is 12.5. The van der Waals surface area contributed by atoms with Crippen LogP contribution >= 0.6 is 23.4 Å².